The Bertz CT molecular complexity index is 203. The first kappa shape index (κ1) is 10.4. The summed E-state index contributed by atoms with van der Waals surface area (Å²) in [4.78, 5) is 2.39. The average molecular weight is 198 g/mol. The zero-order chi connectivity index (χ0) is 10.2. The van der Waals surface area contributed by atoms with Gasteiger partial charge in [0.1, 0.15) is 0 Å². The molecule has 1 saturated carbocycles. The van der Waals surface area contributed by atoms with E-state index in [0.29, 0.717) is 12.6 Å². The molecule has 0 bridgehead atoms. The molecule has 1 aliphatic carbocycles. The summed E-state index contributed by atoms with van der Waals surface area (Å²) >= 11 is 0. The normalized spacial score (nSPS) is 33.2. The monoisotopic (exact) mass is 198 g/mol. The van der Waals surface area contributed by atoms with E-state index in [9.17, 15) is 5.11 Å². The maximum Gasteiger partial charge on any atom is 0.0502 e. The van der Waals surface area contributed by atoms with Crippen LogP contribution in [0.4, 0.5) is 0 Å². The Balaban J connectivity index is 1.99. The van der Waals surface area contributed by atoms with Gasteiger partial charge in [0.05, 0.1) is 6.61 Å². The molecule has 0 spiro atoms. The number of aliphatic hydroxyl groups is 1. The van der Waals surface area contributed by atoms with E-state index < -0.39 is 0 Å². The topological polar surface area (TPSA) is 35.5 Å². The fraction of sp³-hybridized carbons (Fsp3) is 1.00. The Kier molecular flexibility index (Phi) is 2.82. The molecule has 1 saturated heterocycles. The van der Waals surface area contributed by atoms with Crippen molar-refractivity contribution in [2.75, 3.05) is 33.8 Å². The third-order valence-electron chi connectivity index (χ3n) is 4.08. The van der Waals surface area contributed by atoms with Crippen LogP contribution in [0.25, 0.3) is 0 Å². The van der Waals surface area contributed by atoms with Crippen LogP contribution in [0.2, 0.25) is 0 Å². The molecule has 3 nitrogen and oxygen atoms in total. The van der Waals surface area contributed by atoms with Crippen LogP contribution in [0.3, 0.4) is 0 Å². The molecular formula is C11H22N2O. The van der Waals surface area contributed by atoms with Gasteiger partial charge in [-0.25, -0.2) is 0 Å². The van der Waals surface area contributed by atoms with Crippen LogP contribution in [0.15, 0.2) is 0 Å². The summed E-state index contributed by atoms with van der Waals surface area (Å²) < 4.78 is 0. The average Bonchev–Trinajstić information content (AvgIpc) is 2.86. The van der Waals surface area contributed by atoms with Crippen molar-refractivity contribution in [1.82, 2.24) is 10.2 Å². The summed E-state index contributed by atoms with van der Waals surface area (Å²) in [6.07, 6.45) is 3.69. The Labute approximate surface area is 86.5 Å². The largest absolute Gasteiger partial charge is 0.396 e. The summed E-state index contributed by atoms with van der Waals surface area (Å²) in [5.41, 5.74) is 0.227. The third kappa shape index (κ3) is 1.69. The Hall–Kier alpha value is -0.120. The second-order valence-corrected chi connectivity index (χ2v) is 5.10. The highest BCUT2D eigenvalue weighted by Gasteiger charge is 2.51. The first-order valence-corrected chi connectivity index (χ1v) is 5.68. The van der Waals surface area contributed by atoms with Crippen LogP contribution in [-0.4, -0.2) is 49.8 Å². The molecule has 2 unspecified atom stereocenters. The van der Waals surface area contributed by atoms with Gasteiger partial charge >= 0.3 is 0 Å². The molecule has 0 aromatic rings. The van der Waals surface area contributed by atoms with Gasteiger partial charge < -0.3 is 15.3 Å². The number of nitrogens with one attached hydrogen (secondary N) is 1. The van der Waals surface area contributed by atoms with E-state index in [1.807, 2.05) is 7.05 Å². The lowest BCUT2D eigenvalue weighted by Crippen LogP contribution is -2.44. The predicted molar refractivity (Wildman–Crippen MR) is 57.2 cm³/mol. The van der Waals surface area contributed by atoms with Crippen LogP contribution in [0.1, 0.15) is 19.3 Å². The van der Waals surface area contributed by atoms with Crippen molar-refractivity contribution in [2.24, 2.45) is 11.3 Å². The number of rotatable bonds is 4. The smallest absolute Gasteiger partial charge is 0.0502 e. The van der Waals surface area contributed by atoms with Gasteiger partial charge in [0.2, 0.25) is 0 Å². The molecule has 3 heteroatoms. The van der Waals surface area contributed by atoms with Gasteiger partial charge in [-0.3, -0.25) is 0 Å². The molecule has 0 aromatic heterocycles. The zero-order valence-electron chi connectivity index (χ0n) is 9.29. The van der Waals surface area contributed by atoms with E-state index in [0.717, 1.165) is 5.92 Å². The Morgan fingerprint density at radius 1 is 1.57 bits per heavy atom. The van der Waals surface area contributed by atoms with Gasteiger partial charge in [-0.1, -0.05) is 0 Å². The second-order valence-electron chi connectivity index (χ2n) is 5.10. The van der Waals surface area contributed by atoms with Gasteiger partial charge in [-0.15, -0.1) is 0 Å². The molecule has 0 amide bonds. The summed E-state index contributed by atoms with van der Waals surface area (Å²) in [5.74, 6) is 0.736. The predicted octanol–water partition coefficient (Wildman–Crippen LogP) is 0.299. The quantitative estimate of drug-likeness (QED) is 0.682. The van der Waals surface area contributed by atoms with E-state index >= 15 is 0 Å². The van der Waals surface area contributed by atoms with Gasteiger partial charge in [-0.05, 0) is 45.8 Å². The molecule has 2 rings (SSSR count). The van der Waals surface area contributed by atoms with Crippen molar-refractivity contribution < 1.29 is 5.11 Å². The zero-order valence-corrected chi connectivity index (χ0v) is 9.29. The number of nitrogens with zero attached hydrogens (tertiary/aromatic N) is 1. The van der Waals surface area contributed by atoms with E-state index in [1.165, 1.54) is 32.4 Å². The van der Waals surface area contributed by atoms with Crippen molar-refractivity contribution in [1.29, 1.82) is 0 Å². The van der Waals surface area contributed by atoms with Gasteiger partial charge in [0.25, 0.3) is 0 Å². The lowest BCUT2D eigenvalue weighted by atomic mass is 9.85. The van der Waals surface area contributed by atoms with Crippen molar-refractivity contribution in [3.8, 4) is 0 Å². The van der Waals surface area contributed by atoms with E-state index in [4.69, 9.17) is 0 Å². The molecule has 14 heavy (non-hydrogen) atoms. The standard InChI is InChI=1S/C11H22N2O/c1-12-10(11(8-14)4-5-11)9-3-6-13(2)7-9/h9-10,12,14H,3-8H2,1-2H3. The van der Waals surface area contributed by atoms with E-state index in [2.05, 4.69) is 17.3 Å². The minimum absolute atomic E-state index is 0.227. The highest BCUT2D eigenvalue weighted by molar-refractivity contribution is 5.05. The highest BCUT2D eigenvalue weighted by atomic mass is 16.3. The Morgan fingerprint density at radius 2 is 2.29 bits per heavy atom. The summed E-state index contributed by atoms with van der Waals surface area (Å²) in [7, 11) is 4.23. The van der Waals surface area contributed by atoms with Gasteiger partial charge in [0, 0.05) is 18.0 Å². The fourth-order valence-electron chi connectivity index (χ4n) is 3.01. The molecular weight excluding hydrogens is 176 g/mol. The molecule has 0 radical (unpaired) electrons. The number of likely N-dealkylation sites (tertiary alicyclic amines) is 1. The summed E-state index contributed by atoms with van der Waals surface area (Å²) in [6, 6.07) is 0.525. The first-order valence-electron chi connectivity index (χ1n) is 5.68. The molecule has 82 valence electrons. The van der Waals surface area contributed by atoms with Crippen molar-refractivity contribution >= 4 is 0 Å². The minimum Gasteiger partial charge on any atom is -0.396 e. The number of hydrogen-bond donors (Lipinski definition) is 2. The van der Waals surface area contributed by atoms with Crippen molar-refractivity contribution in [2.45, 2.75) is 25.3 Å². The molecule has 2 fully saturated rings. The molecule has 2 N–H and O–H groups in total. The minimum atomic E-state index is 0.227. The third-order valence-corrected chi connectivity index (χ3v) is 4.08. The van der Waals surface area contributed by atoms with Crippen LogP contribution < -0.4 is 5.32 Å². The van der Waals surface area contributed by atoms with Crippen LogP contribution in [-0.2, 0) is 0 Å². The SMILES string of the molecule is CNC(C1CCN(C)C1)C1(CO)CC1. The van der Waals surface area contributed by atoms with Crippen LogP contribution in [0, 0.1) is 11.3 Å². The van der Waals surface area contributed by atoms with E-state index in [-0.39, 0.29) is 5.41 Å². The van der Waals surface area contributed by atoms with Gasteiger partial charge in [-0.2, -0.15) is 0 Å². The maximum absolute atomic E-state index is 9.43. The lowest BCUT2D eigenvalue weighted by molar-refractivity contribution is 0.144. The molecule has 2 aliphatic rings. The van der Waals surface area contributed by atoms with Crippen molar-refractivity contribution in [3.05, 3.63) is 0 Å². The second kappa shape index (κ2) is 3.80. The number of hydrogen-bond acceptors (Lipinski definition) is 3. The summed E-state index contributed by atoms with van der Waals surface area (Å²) in [5, 5.41) is 12.9. The lowest BCUT2D eigenvalue weighted by Gasteiger charge is -2.30. The van der Waals surface area contributed by atoms with Crippen molar-refractivity contribution in [3.63, 3.8) is 0 Å². The fourth-order valence-corrected chi connectivity index (χ4v) is 3.01. The molecule has 1 heterocycles. The maximum atomic E-state index is 9.43. The molecule has 2 atom stereocenters. The van der Waals surface area contributed by atoms with Crippen LogP contribution >= 0.6 is 0 Å². The van der Waals surface area contributed by atoms with Crippen LogP contribution in [0.5, 0.6) is 0 Å². The Morgan fingerprint density at radius 3 is 2.64 bits per heavy atom. The molecule has 0 aromatic carbocycles. The first-order chi connectivity index (χ1) is 6.72. The molecule has 1 aliphatic heterocycles. The van der Waals surface area contributed by atoms with E-state index in [1.54, 1.807) is 0 Å². The summed E-state index contributed by atoms with van der Waals surface area (Å²) in [6.45, 7) is 2.76. The van der Waals surface area contributed by atoms with Gasteiger partial charge in [0.15, 0.2) is 0 Å². The number of aliphatic hydroxyl groups excluding tert-OH is 1. The highest BCUT2D eigenvalue weighted by Crippen LogP contribution is 2.51.